The van der Waals surface area contributed by atoms with Gasteiger partial charge in [-0.15, -0.1) is 10.2 Å². The number of rotatable bonds is 5. The molecule has 0 unspecified atom stereocenters. The van der Waals surface area contributed by atoms with Gasteiger partial charge in [-0.1, -0.05) is 32.0 Å². The van der Waals surface area contributed by atoms with E-state index in [-0.39, 0.29) is 23.8 Å². The Morgan fingerprint density at radius 3 is 2.46 bits per heavy atom. The Labute approximate surface area is 151 Å². The van der Waals surface area contributed by atoms with E-state index in [2.05, 4.69) is 20.6 Å². The third-order valence-corrected chi connectivity index (χ3v) is 4.31. The van der Waals surface area contributed by atoms with Gasteiger partial charge < -0.3 is 9.88 Å². The normalized spacial score (nSPS) is 18.2. The smallest absolute Gasteiger partial charge is 0.265 e. The Morgan fingerprint density at radius 2 is 1.88 bits per heavy atom. The maximum absolute atomic E-state index is 12.9. The van der Waals surface area contributed by atoms with Crippen LogP contribution in [0, 0.1) is 11.8 Å². The van der Waals surface area contributed by atoms with Gasteiger partial charge in [0.2, 0.25) is 5.91 Å². The number of nitrogens with one attached hydrogen (secondary N) is 1. The molecule has 1 aromatic carbocycles. The van der Waals surface area contributed by atoms with E-state index >= 15 is 0 Å². The Kier molecular flexibility index (Phi) is 4.83. The molecule has 1 aromatic heterocycles. The topological polar surface area (TPSA) is 92.5 Å². The van der Waals surface area contributed by atoms with E-state index in [4.69, 9.17) is 0 Å². The Morgan fingerprint density at radius 1 is 1.19 bits per heavy atom. The van der Waals surface area contributed by atoms with Crippen LogP contribution in [0.2, 0.25) is 0 Å². The summed E-state index contributed by atoms with van der Waals surface area (Å²) in [5.41, 5.74) is 1.20. The van der Waals surface area contributed by atoms with Crippen molar-refractivity contribution in [3.8, 4) is 0 Å². The minimum absolute atomic E-state index is 0.0338. The van der Waals surface area contributed by atoms with E-state index in [1.807, 2.05) is 39.0 Å². The third kappa shape index (κ3) is 3.22. The minimum atomic E-state index is -0.939. The number of hydrogen-bond donors (Lipinski definition) is 1. The number of carbonyl (C=O) groups is 2. The molecule has 8 heteroatoms. The molecule has 1 N–H and O–H groups in total. The average Bonchev–Trinajstić information content (AvgIpc) is 3.19. The molecule has 2 amide bonds. The molecular formula is C18H22N6O2. The summed E-state index contributed by atoms with van der Waals surface area (Å²) in [4.78, 5) is 25.8. The van der Waals surface area contributed by atoms with Gasteiger partial charge >= 0.3 is 0 Å². The molecule has 8 nitrogen and oxygen atoms in total. The molecule has 3 rings (SSSR count). The van der Waals surface area contributed by atoms with E-state index in [0.29, 0.717) is 17.2 Å². The molecule has 0 radical (unpaired) electrons. The Balaban J connectivity index is 1.84. The van der Waals surface area contributed by atoms with Gasteiger partial charge in [-0.25, -0.2) is 0 Å². The molecular weight excluding hydrogens is 332 g/mol. The van der Waals surface area contributed by atoms with Gasteiger partial charge in [-0.2, -0.15) is 10.1 Å². The zero-order chi connectivity index (χ0) is 18.8. The first kappa shape index (κ1) is 17.8. The largest absolute Gasteiger partial charge is 0.345 e. The number of aryl methyl sites for hydroxylation is 1. The molecule has 0 fully saturated rings. The lowest BCUT2D eigenvalue weighted by Gasteiger charge is -2.18. The van der Waals surface area contributed by atoms with Crippen molar-refractivity contribution < 1.29 is 9.59 Å². The van der Waals surface area contributed by atoms with E-state index in [0.717, 1.165) is 0 Å². The molecule has 0 spiro atoms. The molecule has 0 aliphatic carbocycles. The van der Waals surface area contributed by atoms with Crippen LogP contribution in [-0.4, -0.2) is 32.3 Å². The van der Waals surface area contributed by atoms with E-state index in [1.54, 1.807) is 30.1 Å². The number of hydrazone groups is 1. The second kappa shape index (κ2) is 7.07. The fraction of sp³-hybridized carbons (Fsp3) is 0.389. The van der Waals surface area contributed by atoms with Crippen LogP contribution in [0.15, 0.2) is 41.8 Å². The number of para-hydroxylation sites is 1. The first-order valence-electron chi connectivity index (χ1n) is 8.51. The van der Waals surface area contributed by atoms with Crippen LogP contribution in [0.1, 0.15) is 32.6 Å². The lowest BCUT2D eigenvalue weighted by atomic mass is 9.93. The monoisotopic (exact) mass is 354 g/mol. The van der Waals surface area contributed by atoms with Crippen LogP contribution in [0.5, 0.6) is 0 Å². The predicted molar refractivity (Wildman–Crippen MR) is 97.3 cm³/mol. The minimum Gasteiger partial charge on any atom is -0.345 e. The predicted octanol–water partition coefficient (Wildman–Crippen LogP) is 1.67. The summed E-state index contributed by atoms with van der Waals surface area (Å²) in [6.07, 6.45) is 1.57. The van der Waals surface area contributed by atoms with Gasteiger partial charge in [0.25, 0.3) is 5.91 Å². The fourth-order valence-corrected chi connectivity index (χ4v) is 2.97. The lowest BCUT2D eigenvalue weighted by molar-refractivity contribution is -0.130. The van der Waals surface area contributed by atoms with Crippen LogP contribution in [0.4, 0.5) is 5.69 Å². The molecule has 2 aromatic rings. The van der Waals surface area contributed by atoms with Crippen LogP contribution in [0.3, 0.4) is 0 Å². The number of amides is 2. The van der Waals surface area contributed by atoms with Crippen molar-refractivity contribution in [1.82, 2.24) is 20.1 Å². The van der Waals surface area contributed by atoms with Gasteiger partial charge in [0.1, 0.15) is 6.33 Å². The molecule has 0 bridgehead atoms. The van der Waals surface area contributed by atoms with Gasteiger partial charge in [-0.3, -0.25) is 9.59 Å². The van der Waals surface area contributed by atoms with Crippen molar-refractivity contribution in [1.29, 1.82) is 0 Å². The lowest BCUT2D eigenvalue weighted by Crippen LogP contribution is -2.42. The zero-order valence-corrected chi connectivity index (χ0v) is 15.2. The summed E-state index contributed by atoms with van der Waals surface area (Å²) in [7, 11) is 1.80. The van der Waals surface area contributed by atoms with Gasteiger partial charge in [0, 0.05) is 7.05 Å². The molecule has 1 aliphatic heterocycles. The van der Waals surface area contributed by atoms with Crippen molar-refractivity contribution in [2.75, 3.05) is 5.01 Å². The summed E-state index contributed by atoms with van der Waals surface area (Å²) < 4.78 is 1.73. The van der Waals surface area contributed by atoms with Crippen LogP contribution < -0.4 is 10.3 Å². The Hall–Kier alpha value is -3.03. The second-order valence-corrected chi connectivity index (χ2v) is 6.63. The summed E-state index contributed by atoms with van der Waals surface area (Å²) >= 11 is 0. The highest BCUT2D eigenvalue weighted by atomic mass is 16.2. The summed E-state index contributed by atoms with van der Waals surface area (Å²) in [6, 6.07) is 8.74. The highest BCUT2D eigenvalue weighted by Gasteiger charge is 2.43. The number of aromatic nitrogens is 3. The number of hydrogen-bond acceptors (Lipinski definition) is 5. The molecule has 26 heavy (non-hydrogen) atoms. The summed E-state index contributed by atoms with van der Waals surface area (Å²) in [5, 5.41) is 16.4. The maximum atomic E-state index is 12.9. The molecule has 1 aliphatic rings. The van der Waals surface area contributed by atoms with Gasteiger partial charge in [-0.05, 0) is 25.0 Å². The van der Waals surface area contributed by atoms with Crippen LogP contribution >= 0.6 is 0 Å². The Bertz CT molecular complexity index is 842. The van der Waals surface area contributed by atoms with Crippen LogP contribution in [-0.2, 0) is 16.6 Å². The van der Waals surface area contributed by atoms with Crippen molar-refractivity contribution in [3.63, 3.8) is 0 Å². The number of benzene rings is 1. The van der Waals surface area contributed by atoms with Crippen molar-refractivity contribution in [2.45, 2.75) is 26.8 Å². The molecule has 136 valence electrons. The van der Waals surface area contributed by atoms with Gasteiger partial charge in [0.05, 0.1) is 17.4 Å². The zero-order valence-electron chi connectivity index (χ0n) is 15.2. The standard InChI is InChI=1S/C18H22N6O2/c1-11(2)15-14(17(25)20-12(3)16-21-19-10-23(16)4)18(26)24(22-15)13-8-6-5-7-9-13/h5-12,14H,1-4H3,(H,20,25)/t12-,14+/m0/s1. The maximum Gasteiger partial charge on any atom is 0.265 e. The van der Waals surface area contributed by atoms with Gasteiger partial charge in [0.15, 0.2) is 11.7 Å². The second-order valence-electron chi connectivity index (χ2n) is 6.63. The summed E-state index contributed by atoms with van der Waals surface area (Å²) in [5.74, 6) is -1.08. The fourth-order valence-electron chi connectivity index (χ4n) is 2.97. The van der Waals surface area contributed by atoms with Crippen molar-refractivity contribution in [2.24, 2.45) is 24.0 Å². The molecule has 0 saturated carbocycles. The highest BCUT2D eigenvalue weighted by molar-refractivity contribution is 6.27. The molecule has 2 heterocycles. The van der Waals surface area contributed by atoms with E-state index in [9.17, 15) is 9.59 Å². The van der Waals surface area contributed by atoms with Crippen molar-refractivity contribution in [3.05, 3.63) is 42.5 Å². The number of nitrogens with zero attached hydrogens (tertiary/aromatic N) is 5. The first-order chi connectivity index (χ1) is 12.4. The third-order valence-electron chi connectivity index (χ3n) is 4.31. The quantitative estimate of drug-likeness (QED) is 0.827. The van der Waals surface area contributed by atoms with Crippen molar-refractivity contribution >= 4 is 23.2 Å². The van der Waals surface area contributed by atoms with Crippen LogP contribution in [0.25, 0.3) is 0 Å². The number of anilines is 1. The first-order valence-corrected chi connectivity index (χ1v) is 8.51. The summed E-state index contributed by atoms with van der Waals surface area (Å²) in [6.45, 7) is 5.66. The molecule has 0 saturated heterocycles. The SMILES string of the molecule is CC(C)C1=NN(c2ccccc2)C(=O)[C@H]1C(=O)N[C@@H](C)c1nncn1C. The molecule has 2 atom stereocenters. The average molecular weight is 354 g/mol. The van der Waals surface area contributed by atoms with E-state index in [1.165, 1.54) is 5.01 Å². The van der Waals surface area contributed by atoms with E-state index < -0.39 is 5.92 Å². The number of carbonyl (C=O) groups excluding carboxylic acids is 2. The highest BCUT2D eigenvalue weighted by Crippen LogP contribution is 2.27.